The topological polar surface area (TPSA) is 109 Å². The second kappa shape index (κ2) is 11.6. The van der Waals surface area contributed by atoms with Crippen LogP contribution in [0.4, 0.5) is 11.5 Å². The summed E-state index contributed by atoms with van der Waals surface area (Å²) in [6, 6.07) is 10.0. The fourth-order valence-corrected chi connectivity index (χ4v) is 6.11. The molecule has 5 heterocycles. The lowest BCUT2D eigenvalue weighted by Crippen LogP contribution is -2.36. The molecule has 0 radical (unpaired) electrons. The predicted molar refractivity (Wildman–Crippen MR) is 156 cm³/mol. The Bertz CT molecular complexity index is 1630. The molecule has 1 N–H and O–H groups in total. The highest BCUT2D eigenvalue weighted by molar-refractivity contribution is 7.09. The summed E-state index contributed by atoms with van der Waals surface area (Å²) in [6.45, 7) is 5.34. The number of hydrogen-bond acceptors (Lipinski definition) is 11. The lowest BCUT2D eigenvalue weighted by molar-refractivity contribution is -0.116. The van der Waals surface area contributed by atoms with E-state index >= 15 is 0 Å². The molecule has 41 heavy (non-hydrogen) atoms. The number of aromatic nitrogens is 5. The van der Waals surface area contributed by atoms with E-state index in [2.05, 4.69) is 42.4 Å². The van der Waals surface area contributed by atoms with Gasteiger partial charge in [-0.25, -0.2) is 15.0 Å². The lowest BCUT2D eigenvalue weighted by Gasteiger charge is -2.24. The molecular weight excluding hydrogens is 542 g/mol. The van der Waals surface area contributed by atoms with Crippen LogP contribution in [0.1, 0.15) is 11.4 Å². The Labute approximate surface area is 241 Å². The highest BCUT2D eigenvalue weighted by Gasteiger charge is 2.36. The maximum atomic E-state index is 6.21. The summed E-state index contributed by atoms with van der Waals surface area (Å²) in [5.41, 5.74) is 2.72. The van der Waals surface area contributed by atoms with E-state index in [0.29, 0.717) is 43.7 Å². The molecule has 7 rings (SSSR count). The van der Waals surface area contributed by atoms with Crippen molar-refractivity contribution < 1.29 is 18.9 Å². The van der Waals surface area contributed by atoms with Crippen molar-refractivity contribution in [3.63, 3.8) is 0 Å². The predicted octanol–water partition coefficient (Wildman–Crippen LogP) is 4.11. The standard InChI is InChI=1S/C29H31N7O4S/c1-37-24-13-22-21(12-25(24)38-7-2-6-35-15-26-27(16-35)40-9-8-39-26)29(32-18-31-22)34-20-3-4-23-19(11-20)14-33-36(23)17-28-30-5-10-41-28/h3-5,10-14,18,26-27H,2,6-9,15-17H2,1H3,(H,31,32,34)/t26-,27+. The van der Waals surface area contributed by atoms with Crippen LogP contribution in [0.15, 0.2) is 54.4 Å². The Kier molecular flexibility index (Phi) is 7.36. The van der Waals surface area contributed by atoms with Gasteiger partial charge < -0.3 is 24.3 Å². The van der Waals surface area contributed by atoms with Gasteiger partial charge in [0.15, 0.2) is 11.5 Å². The number of hydrogen-bond donors (Lipinski definition) is 1. The Morgan fingerprint density at radius 1 is 1.05 bits per heavy atom. The zero-order valence-electron chi connectivity index (χ0n) is 22.7. The first-order chi connectivity index (χ1) is 20.2. The minimum atomic E-state index is 0.191. The molecule has 0 amide bonds. The SMILES string of the molecule is COc1cc2ncnc(Nc3ccc4c(cnn4Cc4nccs4)c3)c2cc1OCCCN1C[C@@H]2OCCO[C@@H]2C1. The van der Waals surface area contributed by atoms with Crippen LogP contribution >= 0.6 is 11.3 Å². The number of benzene rings is 2. The Balaban J connectivity index is 1.05. The molecule has 5 aromatic rings. The molecule has 12 heteroatoms. The number of nitrogens with zero attached hydrogens (tertiary/aromatic N) is 6. The lowest BCUT2D eigenvalue weighted by atomic mass is 10.2. The van der Waals surface area contributed by atoms with E-state index in [0.717, 1.165) is 58.6 Å². The highest BCUT2D eigenvalue weighted by atomic mass is 32.1. The van der Waals surface area contributed by atoms with Crippen molar-refractivity contribution >= 4 is 44.6 Å². The molecule has 0 spiro atoms. The minimum Gasteiger partial charge on any atom is -0.493 e. The number of thiazole rings is 1. The zero-order chi connectivity index (χ0) is 27.6. The Hall–Kier alpha value is -3.84. The molecule has 2 fully saturated rings. The Morgan fingerprint density at radius 2 is 1.93 bits per heavy atom. The fourth-order valence-electron chi connectivity index (χ4n) is 5.51. The van der Waals surface area contributed by atoms with Gasteiger partial charge in [-0.1, -0.05) is 0 Å². The summed E-state index contributed by atoms with van der Waals surface area (Å²) < 4.78 is 25.5. The van der Waals surface area contributed by atoms with Crippen LogP contribution in [0.3, 0.4) is 0 Å². The van der Waals surface area contributed by atoms with E-state index in [1.807, 2.05) is 40.7 Å². The number of ether oxygens (including phenoxy) is 4. The van der Waals surface area contributed by atoms with Gasteiger partial charge in [0.25, 0.3) is 0 Å². The number of rotatable bonds is 10. The maximum absolute atomic E-state index is 6.21. The molecule has 0 bridgehead atoms. The van der Waals surface area contributed by atoms with Crippen LogP contribution in [0.25, 0.3) is 21.8 Å². The smallest absolute Gasteiger partial charge is 0.162 e. The highest BCUT2D eigenvalue weighted by Crippen LogP contribution is 2.35. The average Bonchev–Trinajstić information content (AvgIpc) is 3.75. The van der Waals surface area contributed by atoms with Gasteiger partial charge >= 0.3 is 0 Å². The third-order valence-corrected chi connectivity index (χ3v) is 8.27. The summed E-state index contributed by atoms with van der Waals surface area (Å²) in [4.78, 5) is 15.8. The van der Waals surface area contributed by atoms with Crippen molar-refractivity contribution in [2.45, 2.75) is 25.2 Å². The van der Waals surface area contributed by atoms with E-state index in [1.54, 1.807) is 24.8 Å². The van der Waals surface area contributed by atoms with Crippen molar-refractivity contribution in [3.05, 3.63) is 59.4 Å². The van der Waals surface area contributed by atoms with Crippen molar-refractivity contribution in [3.8, 4) is 11.5 Å². The quantitative estimate of drug-likeness (QED) is 0.245. The molecule has 2 atom stereocenters. The van der Waals surface area contributed by atoms with E-state index in [4.69, 9.17) is 18.9 Å². The summed E-state index contributed by atoms with van der Waals surface area (Å²) in [6.07, 6.45) is 6.51. The van der Waals surface area contributed by atoms with Crippen LogP contribution in [-0.2, 0) is 16.0 Å². The van der Waals surface area contributed by atoms with Crippen LogP contribution in [-0.4, -0.2) is 88.4 Å². The number of fused-ring (bicyclic) bond motifs is 3. The van der Waals surface area contributed by atoms with Crippen LogP contribution in [0.2, 0.25) is 0 Å². The van der Waals surface area contributed by atoms with Crippen LogP contribution in [0, 0.1) is 0 Å². The fraction of sp³-hybridized carbons (Fsp3) is 0.379. The van der Waals surface area contributed by atoms with Gasteiger partial charge in [-0.05, 0) is 30.7 Å². The summed E-state index contributed by atoms with van der Waals surface area (Å²) in [5, 5.41) is 12.9. The molecule has 3 aromatic heterocycles. The van der Waals surface area contributed by atoms with E-state index in [-0.39, 0.29) is 12.2 Å². The summed E-state index contributed by atoms with van der Waals surface area (Å²) >= 11 is 1.63. The second-order valence-corrected chi connectivity index (χ2v) is 11.1. The molecule has 2 saturated heterocycles. The first-order valence-electron chi connectivity index (χ1n) is 13.8. The number of likely N-dealkylation sites (tertiary alicyclic amines) is 1. The minimum absolute atomic E-state index is 0.191. The average molecular weight is 574 g/mol. The van der Waals surface area contributed by atoms with Gasteiger partial charge in [0.1, 0.15) is 17.2 Å². The van der Waals surface area contributed by atoms with E-state index in [9.17, 15) is 0 Å². The third-order valence-electron chi connectivity index (χ3n) is 7.51. The van der Waals surface area contributed by atoms with Crippen molar-refractivity contribution in [2.24, 2.45) is 0 Å². The van der Waals surface area contributed by atoms with Crippen molar-refractivity contribution in [2.75, 3.05) is 51.9 Å². The zero-order valence-corrected chi connectivity index (χ0v) is 23.5. The number of anilines is 2. The van der Waals surface area contributed by atoms with Crippen LogP contribution < -0.4 is 14.8 Å². The molecule has 2 aromatic carbocycles. The van der Waals surface area contributed by atoms with Crippen LogP contribution in [0.5, 0.6) is 11.5 Å². The van der Waals surface area contributed by atoms with Crippen molar-refractivity contribution in [1.29, 1.82) is 0 Å². The largest absolute Gasteiger partial charge is 0.493 e. The number of nitrogens with one attached hydrogen (secondary N) is 1. The van der Waals surface area contributed by atoms with Gasteiger partial charge in [-0.15, -0.1) is 11.3 Å². The van der Waals surface area contributed by atoms with Crippen molar-refractivity contribution in [1.82, 2.24) is 29.6 Å². The van der Waals surface area contributed by atoms with Gasteiger partial charge in [0, 0.05) is 53.7 Å². The number of methoxy groups -OCH3 is 1. The molecule has 2 aliphatic heterocycles. The summed E-state index contributed by atoms with van der Waals surface area (Å²) in [7, 11) is 1.64. The summed E-state index contributed by atoms with van der Waals surface area (Å²) in [5.74, 6) is 2.00. The van der Waals surface area contributed by atoms with Gasteiger partial charge in [0.05, 0.1) is 62.9 Å². The second-order valence-electron chi connectivity index (χ2n) is 10.1. The molecule has 212 valence electrons. The first-order valence-corrected chi connectivity index (χ1v) is 14.6. The molecule has 0 saturated carbocycles. The van der Waals surface area contributed by atoms with E-state index in [1.165, 1.54) is 0 Å². The third kappa shape index (κ3) is 5.55. The molecule has 11 nitrogen and oxygen atoms in total. The first kappa shape index (κ1) is 26.1. The van der Waals surface area contributed by atoms with E-state index < -0.39 is 0 Å². The van der Waals surface area contributed by atoms with Gasteiger partial charge in [-0.2, -0.15) is 5.10 Å². The Morgan fingerprint density at radius 3 is 2.73 bits per heavy atom. The molecule has 0 aliphatic carbocycles. The monoisotopic (exact) mass is 573 g/mol. The maximum Gasteiger partial charge on any atom is 0.162 e. The normalized spacial score (nSPS) is 19.0. The van der Waals surface area contributed by atoms with Gasteiger partial charge in [0.2, 0.25) is 0 Å². The molecule has 2 aliphatic rings. The molecule has 0 unspecified atom stereocenters. The molecular formula is C29H31N7O4S. The van der Waals surface area contributed by atoms with Gasteiger partial charge in [-0.3, -0.25) is 9.58 Å².